The molecule has 0 aliphatic carbocycles. The highest BCUT2D eigenvalue weighted by atomic mass is 35.5. The lowest BCUT2D eigenvalue weighted by Crippen LogP contribution is -2.41. The van der Waals surface area contributed by atoms with Crippen LogP contribution in [0.2, 0.25) is 10.0 Å². The van der Waals surface area contributed by atoms with Gasteiger partial charge in [0.25, 0.3) is 0 Å². The summed E-state index contributed by atoms with van der Waals surface area (Å²) in [6.07, 6.45) is 3.24. The fourth-order valence-corrected chi connectivity index (χ4v) is 2.36. The molecule has 0 aliphatic heterocycles. The highest BCUT2D eigenvalue weighted by Crippen LogP contribution is 2.22. The molecule has 1 aromatic carbocycles. The lowest BCUT2D eigenvalue weighted by molar-refractivity contribution is -0.129. The van der Waals surface area contributed by atoms with Gasteiger partial charge in [-0.25, -0.2) is 0 Å². The van der Waals surface area contributed by atoms with Crippen LogP contribution >= 0.6 is 23.2 Å². The van der Waals surface area contributed by atoms with Crippen molar-refractivity contribution in [1.82, 2.24) is 4.90 Å². The van der Waals surface area contributed by atoms with Crippen LogP contribution in [-0.4, -0.2) is 22.9 Å². The topological polar surface area (TPSA) is 20.3 Å². The number of hydrogen-bond donors (Lipinski definition) is 0. The molecule has 4 heteroatoms. The molecule has 104 valence electrons. The molecule has 0 spiro atoms. The van der Waals surface area contributed by atoms with E-state index in [4.69, 9.17) is 23.2 Å². The number of halogens is 2. The lowest BCUT2D eigenvalue weighted by Gasteiger charge is -2.29. The molecule has 1 aromatic rings. The van der Waals surface area contributed by atoms with E-state index >= 15 is 0 Å². The molecule has 0 heterocycles. The molecule has 0 unspecified atom stereocenters. The van der Waals surface area contributed by atoms with Gasteiger partial charge in [0.15, 0.2) is 0 Å². The molecular formula is C15H19Cl2NO. The Bertz CT molecular complexity index is 473. The van der Waals surface area contributed by atoms with E-state index in [2.05, 4.69) is 0 Å². The van der Waals surface area contributed by atoms with Crippen LogP contribution in [0.5, 0.6) is 0 Å². The van der Waals surface area contributed by atoms with Gasteiger partial charge in [-0.1, -0.05) is 23.2 Å². The van der Waals surface area contributed by atoms with Crippen molar-refractivity contribution in [1.29, 1.82) is 0 Å². The van der Waals surface area contributed by atoms with Crippen molar-refractivity contribution in [2.45, 2.75) is 39.8 Å². The molecule has 0 atom stereocenters. The van der Waals surface area contributed by atoms with Crippen molar-refractivity contribution in [2.75, 3.05) is 0 Å². The Morgan fingerprint density at radius 2 is 1.74 bits per heavy atom. The summed E-state index contributed by atoms with van der Waals surface area (Å²) < 4.78 is 0. The van der Waals surface area contributed by atoms with E-state index < -0.39 is 0 Å². The molecule has 0 bridgehead atoms. The number of carbonyl (C=O) groups is 1. The third-order valence-electron chi connectivity index (χ3n) is 2.73. The average Bonchev–Trinajstić information content (AvgIpc) is 2.29. The predicted octanol–water partition coefficient (Wildman–Crippen LogP) is 4.65. The zero-order chi connectivity index (χ0) is 14.6. The van der Waals surface area contributed by atoms with E-state index in [0.29, 0.717) is 10.0 Å². The van der Waals surface area contributed by atoms with E-state index in [9.17, 15) is 4.79 Å². The van der Waals surface area contributed by atoms with Gasteiger partial charge >= 0.3 is 0 Å². The summed E-state index contributed by atoms with van der Waals surface area (Å²) in [5.41, 5.74) is 0.745. The van der Waals surface area contributed by atoms with Crippen LogP contribution in [0.25, 0.3) is 6.08 Å². The fourth-order valence-electron chi connectivity index (χ4n) is 1.99. The van der Waals surface area contributed by atoms with E-state index in [-0.39, 0.29) is 18.0 Å². The highest BCUT2D eigenvalue weighted by molar-refractivity contribution is 6.34. The van der Waals surface area contributed by atoms with Gasteiger partial charge in [0, 0.05) is 28.2 Å². The van der Waals surface area contributed by atoms with E-state index in [1.165, 1.54) is 6.08 Å². The summed E-state index contributed by atoms with van der Waals surface area (Å²) in [6, 6.07) is 5.50. The minimum Gasteiger partial charge on any atom is -0.334 e. The van der Waals surface area contributed by atoms with E-state index in [1.807, 2.05) is 32.6 Å². The van der Waals surface area contributed by atoms with Crippen LogP contribution in [0.3, 0.4) is 0 Å². The maximum Gasteiger partial charge on any atom is 0.247 e. The summed E-state index contributed by atoms with van der Waals surface area (Å²) in [5, 5.41) is 1.18. The normalized spacial score (nSPS) is 11.6. The van der Waals surface area contributed by atoms with Gasteiger partial charge in [0.1, 0.15) is 0 Å². The zero-order valence-electron chi connectivity index (χ0n) is 11.7. The monoisotopic (exact) mass is 299 g/mol. The van der Waals surface area contributed by atoms with Gasteiger partial charge in [0.2, 0.25) is 5.91 Å². The smallest absolute Gasteiger partial charge is 0.247 e. The van der Waals surface area contributed by atoms with E-state index in [1.54, 1.807) is 24.3 Å². The maximum absolute atomic E-state index is 12.2. The minimum atomic E-state index is -0.0268. The van der Waals surface area contributed by atoms with Crippen molar-refractivity contribution >= 4 is 35.2 Å². The molecule has 2 nitrogen and oxygen atoms in total. The molecule has 0 saturated carbocycles. The molecule has 0 N–H and O–H groups in total. The van der Waals surface area contributed by atoms with Crippen molar-refractivity contribution in [2.24, 2.45) is 0 Å². The lowest BCUT2D eigenvalue weighted by atomic mass is 10.2. The largest absolute Gasteiger partial charge is 0.334 e. The summed E-state index contributed by atoms with van der Waals surface area (Å²) >= 11 is 12.0. The van der Waals surface area contributed by atoms with Crippen molar-refractivity contribution in [3.8, 4) is 0 Å². The molecule has 0 aromatic heterocycles. The predicted molar refractivity (Wildman–Crippen MR) is 82.6 cm³/mol. The standard InChI is InChI=1S/C15H19Cl2NO/c1-10(2)18(11(3)4)15(19)8-5-12-9-13(16)6-7-14(12)17/h5-11H,1-4H3. The van der Waals surface area contributed by atoms with Crippen LogP contribution in [0.1, 0.15) is 33.3 Å². The Kier molecular flexibility index (Phi) is 5.89. The average molecular weight is 300 g/mol. The Labute approximate surface area is 125 Å². The second-order valence-corrected chi connectivity index (χ2v) is 5.78. The number of hydrogen-bond acceptors (Lipinski definition) is 1. The first kappa shape index (κ1) is 16.1. The van der Waals surface area contributed by atoms with Crippen LogP contribution < -0.4 is 0 Å². The Balaban J connectivity index is 2.91. The Morgan fingerprint density at radius 3 is 2.26 bits per heavy atom. The Morgan fingerprint density at radius 1 is 1.16 bits per heavy atom. The first-order chi connectivity index (χ1) is 8.82. The molecule has 0 aliphatic rings. The summed E-state index contributed by atoms with van der Waals surface area (Å²) in [7, 11) is 0. The van der Waals surface area contributed by atoms with Gasteiger partial charge in [-0.05, 0) is 57.5 Å². The van der Waals surface area contributed by atoms with Gasteiger partial charge < -0.3 is 4.90 Å². The second-order valence-electron chi connectivity index (χ2n) is 4.93. The van der Waals surface area contributed by atoms with Crippen molar-refractivity contribution < 1.29 is 4.79 Å². The number of benzene rings is 1. The van der Waals surface area contributed by atoms with Crippen molar-refractivity contribution in [3.63, 3.8) is 0 Å². The minimum absolute atomic E-state index is 0.0268. The summed E-state index contributed by atoms with van der Waals surface area (Å²) in [6.45, 7) is 7.99. The first-order valence-corrected chi connectivity index (χ1v) is 7.04. The molecule has 0 fully saturated rings. The molecule has 0 radical (unpaired) electrons. The second kappa shape index (κ2) is 6.97. The van der Waals surface area contributed by atoms with Gasteiger partial charge in [0.05, 0.1) is 0 Å². The number of amides is 1. The van der Waals surface area contributed by atoms with Crippen LogP contribution in [0, 0.1) is 0 Å². The first-order valence-electron chi connectivity index (χ1n) is 6.28. The van der Waals surface area contributed by atoms with Gasteiger partial charge in [-0.15, -0.1) is 0 Å². The molecule has 19 heavy (non-hydrogen) atoms. The third kappa shape index (κ3) is 4.55. The number of rotatable bonds is 4. The fraction of sp³-hybridized carbons (Fsp3) is 0.400. The van der Waals surface area contributed by atoms with E-state index in [0.717, 1.165) is 5.56 Å². The SMILES string of the molecule is CC(C)N(C(=O)C=Cc1cc(Cl)ccc1Cl)C(C)C. The number of carbonyl (C=O) groups excluding carboxylic acids is 1. The quantitative estimate of drug-likeness (QED) is 0.741. The molecular weight excluding hydrogens is 281 g/mol. The maximum atomic E-state index is 12.2. The summed E-state index contributed by atoms with van der Waals surface area (Å²) in [4.78, 5) is 14.0. The summed E-state index contributed by atoms with van der Waals surface area (Å²) in [5.74, 6) is -0.0268. The number of nitrogens with zero attached hydrogens (tertiary/aromatic N) is 1. The third-order valence-corrected chi connectivity index (χ3v) is 3.31. The van der Waals surface area contributed by atoms with Gasteiger partial charge in [-0.3, -0.25) is 4.79 Å². The van der Waals surface area contributed by atoms with Crippen LogP contribution in [0.15, 0.2) is 24.3 Å². The van der Waals surface area contributed by atoms with Crippen LogP contribution in [-0.2, 0) is 4.79 Å². The van der Waals surface area contributed by atoms with Gasteiger partial charge in [-0.2, -0.15) is 0 Å². The van der Waals surface area contributed by atoms with Crippen LogP contribution in [0.4, 0.5) is 0 Å². The highest BCUT2D eigenvalue weighted by Gasteiger charge is 2.17. The molecule has 1 amide bonds. The molecule has 0 saturated heterocycles. The van der Waals surface area contributed by atoms with Crippen molar-refractivity contribution in [3.05, 3.63) is 39.9 Å². The molecule has 1 rings (SSSR count). The Hall–Kier alpha value is -0.990. The zero-order valence-corrected chi connectivity index (χ0v) is 13.2.